The molecule has 9 aliphatic rings. The van der Waals surface area contributed by atoms with Crippen LogP contribution in [-0.2, 0) is 14.3 Å². The number of likely N-dealkylation sites (tertiary alicyclic amines) is 2. The molecule has 2 saturated carbocycles. The van der Waals surface area contributed by atoms with Crippen LogP contribution in [0.1, 0.15) is 51.4 Å². The Morgan fingerprint density at radius 2 is 1.86 bits per heavy atom. The van der Waals surface area contributed by atoms with Crippen LogP contribution >= 0.6 is 0 Å². The number of carbonyl (C=O) groups excluding carboxylic acids is 1. The average Bonchev–Trinajstić information content (AvgIpc) is 3.62. The normalized spacial score (nSPS) is 36.9. The number of nitrogens with zero attached hydrogens (tertiary/aromatic N) is 3. The van der Waals surface area contributed by atoms with Crippen LogP contribution in [0.3, 0.4) is 0 Å². The predicted octanol–water partition coefficient (Wildman–Crippen LogP) is 5.13. The summed E-state index contributed by atoms with van der Waals surface area (Å²) in [6, 6.07) is -0.145. The Morgan fingerprint density at radius 1 is 1.07 bits per heavy atom. The Bertz CT molecular complexity index is 1650. The van der Waals surface area contributed by atoms with Crippen molar-refractivity contribution in [1.29, 1.82) is 0 Å². The molecular formula is C34H34F3N3O4. The van der Waals surface area contributed by atoms with E-state index in [4.69, 9.17) is 0 Å². The molecular weight excluding hydrogens is 571 g/mol. The number of rotatable bonds is 4. The van der Waals surface area contributed by atoms with Gasteiger partial charge in [0.2, 0.25) is 5.91 Å². The second kappa shape index (κ2) is 8.59. The fourth-order valence-corrected chi connectivity index (χ4v) is 9.98. The Kier molecular flexibility index (Phi) is 5.24. The van der Waals surface area contributed by atoms with Crippen LogP contribution in [0.4, 0.5) is 13.2 Å². The van der Waals surface area contributed by atoms with Gasteiger partial charge in [-0.05, 0) is 85.6 Å². The summed E-state index contributed by atoms with van der Waals surface area (Å²) in [5.41, 5.74) is 3.89. The van der Waals surface area contributed by atoms with E-state index in [0.29, 0.717) is 17.6 Å². The van der Waals surface area contributed by atoms with Crippen LogP contribution in [0, 0.1) is 11.3 Å². The minimum atomic E-state index is -4.89. The molecule has 0 bridgehead atoms. The third-order valence-corrected chi connectivity index (χ3v) is 12.1. The molecule has 0 aromatic heterocycles. The molecule has 4 fully saturated rings. The lowest BCUT2D eigenvalue weighted by Gasteiger charge is -2.80. The van der Waals surface area contributed by atoms with Crippen LogP contribution in [-0.4, -0.2) is 81.8 Å². The number of aliphatic carboxylic acids is 1. The van der Waals surface area contributed by atoms with Gasteiger partial charge in [0.1, 0.15) is 11.2 Å². The van der Waals surface area contributed by atoms with Gasteiger partial charge in [0.05, 0.1) is 29.2 Å². The summed E-state index contributed by atoms with van der Waals surface area (Å²) in [7, 11) is 2.10. The molecule has 5 unspecified atom stereocenters. The molecule has 9 rings (SSSR count). The average molecular weight is 606 g/mol. The molecule has 1 amide bonds. The van der Waals surface area contributed by atoms with E-state index in [-0.39, 0.29) is 47.3 Å². The number of carboxylic acids is 1. The molecule has 0 radical (unpaired) electrons. The Balaban J connectivity index is 1.21. The van der Waals surface area contributed by atoms with Gasteiger partial charge in [-0.25, -0.2) is 4.79 Å². The van der Waals surface area contributed by atoms with E-state index in [0.717, 1.165) is 73.9 Å². The number of alkyl halides is 3. The zero-order valence-electron chi connectivity index (χ0n) is 24.5. The van der Waals surface area contributed by atoms with E-state index in [1.165, 1.54) is 6.08 Å². The van der Waals surface area contributed by atoms with Crippen molar-refractivity contribution in [2.45, 2.75) is 81.4 Å². The maximum absolute atomic E-state index is 14.7. The van der Waals surface area contributed by atoms with Crippen molar-refractivity contribution < 1.29 is 32.6 Å². The summed E-state index contributed by atoms with van der Waals surface area (Å²) in [5, 5.41) is 9.93. The molecule has 4 aliphatic heterocycles. The highest BCUT2D eigenvalue weighted by atomic mass is 19.4. The molecule has 1 spiro atoms. The van der Waals surface area contributed by atoms with Crippen LogP contribution in [0.2, 0.25) is 0 Å². The number of hydrogen-bond acceptors (Lipinski definition) is 5. The highest BCUT2D eigenvalue weighted by molar-refractivity contribution is 5.99. The molecule has 0 aromatic rings. The number of halogens is 3. The van der Waals surface area contributed by atoms with Crippen molar-refractivity contribution in [1.82, 2.24) is 14.7 Å². The van der Waals surface area contributed by atoms with Gasteiger partial charge in [-0.3, -0.25) is 9.69 Å². The molecule has 2 saturated heterocycles. The first-order chi connectivity index (χ1) is 21.0. The SMILES string of the molecule is CN1CC2N(C(=O)C34C=C3C3=C(OC(F)(F)F)C=CCC3=C3C(C5CCCCC5)=C5C=CC(C(=O)O)=CC5N3C4)C3CCC321. The van der Waals surface area contributed by atoms with Crippen LogP contribution in [0.5, 0.6) is 0 Å². The number of hydrogen-bond donors (Lipinski definition) is 1. The standard InChI is InChI=1S/C34H34F3N3O4/c1-38-16-26-33(38)13-12-25(33)40(26)31(43)32-15-22(32)28-21(8-5-9-24(28)44-34(35,36)37)29-27(18-6-3-2-4-7-18)20-11-10-19(30(41)42)14-23(20)39(29)17-32/h5,9-11,14-15,18,23,25-26H,2-4,6-8,12-13,16-17H2,1H3,(H,41,42). The topological polar surface area (TPSA) is 73.3 Å². The number of carboxylic acid groups (broad SMARTS) is 1. The van der Waals surface area contributed by atoms with Gasteiger partial charge in [0.15, 0.2) is 0 Å². The lowest BCUT2D eigenvalue weighted by atomic mass is 9.52. The molecule has 230 valence electrons. The molecule has 5 atom stereocenters. The highest BCUT2D eigenvalue weighted by Gasteiger charge is 2.77. The second-order valence-corrected chi connectivity index (χ2v) is 13.9. The van der Waals surface area contributed by atoms with Crippen molar-refractivity contribution in [2.75, 3.05) is 20.1 Å². The summed E-state index contributed by atoms with van der Waals surface area (Å²) in [6.07, 6.45) is 13.0. The first-order valence-corrected chi connectivity index (χ1v) is 15.9. The highest BCUT2D eigenvalue weighted by Crippen LogP contribution is 2.65. The third-order valence-electron chi connectivity index (χ3n) is 12.1. The van der Waals surface area contributed by atoms with Crippen molar-refractivity contribution in [3.63, 3.8) is 0 Å². The molecule has 44 heavy (non-hydrogen) atoms. The lowest BCUT2D eigenvalue weighted by molar-refractivity contribution is -0.303. The smallest absolute Gasteiger partial charge is 0.478 e. The zero-order valence-corrected chi connectivity index (χ0v) is 24.5. The predicted molar refractivity (Wildman–Crippen MR) is 153 cm³/mol. The first-order valence-electron chi connectivity index (χ1n) is 15.9. The summed E-state index contributed by atoms with van der Waals surface area (Å²) in [5.74, 6) is -1.12. The summed E-state index contributed by atoms with van der Waals surface area (Å²) >= 11 is 0. The Morgan fingerprint density at radius 3 is 2.52 bits per heavy atom. The number of carbonyl (C=O) groups is 2. The van der Waals surface area contributed by atoms with E-state index in [9.17, 15) is 27.9 Å². The third kappa shape index (κ3) is 3.27. The summed E-state index contributed by atoms with van der Waals surface area (Å²) in [6.45, 7) is 1.07. The number of piperazine rings is 1. The van der Waals surface area contributed by atoms with Crippen LogP contribution < -0.4 is 0 Å². The van der Waals surface area contributed by atoms with Gasteiger partial charge in [0.25, 0.3) is 0 Å². The van der Waals surface area contributed by atoms with Crippen molar-refractivity contribution in [2.24, 2.45) is 11.3 Å². The maximum Gasteiger partial charge on any atom is 0.573 e. The Labute approximate surface area is 253 Å². The minimum Gasteiger partial charge on any atom is -0.478 e. The lowest BCUT2D eigenvalue weighted by Crippen LogP contribution is -2.96. The first kappa shape index (κ1) is 26.8. The fourth-order valence-electron chi connectivity index (χ4n) is 9.98. The quantitative estimate of drug-likeness (QED) is 0.479. The molecule has 7 nitrogen and oxygen atoms in total. The number of likely N-dealkylation sites (N-methyl/N-ethyl adjacent to an activating group) is 1. The van der Waals surface area contributed by atoms with Gasteiger partial charge in [0, 0.05) is 24.4 Å². The molecule has 0 aromatic carbocycles. The van der Waals surface area contributed by atoms with Crippen molar-refractivity contribution in [3.8, 4) is 0 Å². The van der Waals surface area contributed by atoms with Gasteiger partial charge < -0.3 is 19.6 Å². The van der Waals surface area contributed by atoms with Gasteiger partial charge in [-0.2, -0.15) is 0 Å². The monoisotopic (exact) mass is 605 g/mol. The van der Waals surface area contributed by atoms with E-state index < -0.39 is 23.8 Å². The van der Waals surface area contributed by atoms with Gasteiger partial charge in [-0.15, -0.1) is 13.2 Å². The Hall–Kier alpha value is -3.53. The number of allylic oxidation sites excluding steroid dienone is 5. The van der Waals surface area contributed by atoms with Crippen LogP contribution in [0.15, 0.2) is 81.4 Å². The molecule has 5 aliphatic carbocycles. The summed E-state index contributed by atoms with van der Waals surface area (Å²) in [4.78, 5) is 33.4. The number of piperidine rings is 1. The largest absolute Gasteiger partial charge is 0.573 e. The number of fused-ring (bicyclic) bond motifs is 6. The van der Waals surface area contributed by atoms with E-state index in [1.54, 1.807) is 18.2 Å². The summed E-state index contributed by atoms with van der Waals surface area (Å²) < 4.78 is 46.2. The van der Waals surface area contributed by atoms with E-state index >= 15 is 0 Å². The number of ether oxygens (including phenoxy) is 1. The van der Waals surface area contributed by atoms with E-state index in [2.05, 4.69) is 21.6 Å². The minimum absolute atomic E-state index is 0.0404. The van der Waals surface area contributed by atoms with Crippen LogP contribution in [0.25, 0.3) is 0 Å². The zero-order chi connectivity index (χ0) is 30.3. The molecule has 1 N–H and O–H groups in total. The van der Waals surface area contributed by atoms with E-state index in [1.807, 2.05) is 17.1 Å². The molecule has 10 heteroatoms. The van der Waals surface area contributed by atoms with Crippen molar-refractivity contribution >= 4 is 11.9 Å². The maximum atomic E-state index is 14.7. The fraction of sp³-hybridized carbons (Fsp3) is 0.529. The van der Waals surface area contributed by atoms with Gasteiger partial charge >= 0.3 is 12.3 Å². The van der Waals surface area contributed by atoms with Crippen molar-refractivity contribution in [3.05, 3.63) is 81.4 Å². The van der Waals surface area contributed by atoms with Gasteiger partial charge in [-0.1, -0.05) is 37.5 Å². The number of amides is 1. The molecule has 4 heterocycles. The second-order valence-electron chi connectivity index (χ2n) is 13.9.